The minimum absolute atomic E-state index is 0.0563. The monoisotopic (exact) mass is 535 g/mol. The number of hydrogen-bond donors (Lipinski definition) is 5. The molecule has 2 atom stereocenters. The summed E-state index contributed by atoms with van der Waals surface area (Å²) in [5.74, 6) is -0.392. The Labute approximate surface area is 203 Å². The van der Waals surface area contributed by atoms with Gasteiger partial charge in [-0.25, -0.2) is 28.3 Å². The number of hydrogen-bond acceptors (Lipinski definition) is 7. The van der Waals surface area contributed by atoms with E-state index in [0.29, 0.717) is 49.4 Å². The second-order valence-corrected chi connectivity index (χ2v) is 12.3. The van der Waals surface area contributed by atoms with Crippen molar-refractivity contribution in [1.29, 1.82) is 4.78 Å². The molecule has 192 valence electrons. The van der Waals surface area contributed by atoms with Gasteiger partial charge in [-0.05, 0) is 57.4 Å². The van der Waals surface area contributed by atoms with E-state index < -0.39 is 50.8 Å². The number of aromatic nitrogens is 1. The number of carbonyl (C=O) groups is 2. The lowest BCUT2D eigenvalue weighted by atomic mass is 10.00. The molecule has 1 aliphatic heterocycles. The van der Waals surface area contributed by atoms with Crippen molar-refractivity contribution in [2.24, 2.45) is 0 Å². The number of urea groups is 1. The van der Waals surface area contributed by atoms with Crippen LogP contribution in [-0.2, 0) is 28.9 Å². The maximum Gasteiger partial charge on any atom is 0.433 e. The Morgan fingerprint density at radius 3 is 2.49 bits per heavy atom. The van der Waals surface area contributed by atoms with Gasteiger partial charge in [0.1, 0.15) is 15.3 Å². The number of aryl methyl sites for hydroxylation is 1. The Morgan fingerprint density at radius 1 is 1.29 bits per heavy atom. The average molecular weight is 536 g/mol. The molecule has 0 spiro atoms. The molecule has 0 bridgehead atoms. The number of anilines is 1. The van der Waals surface area contributed by atoms with Crippen LogP contribution < -0.4 is 10.0 Å². The van der Waals surface area contributed by atoms with Crippen molar-refractivity contribution in [2.75, 3.05) is 5.32 Å². The molecule has 0 unspecified atom stereocenters. The van der Waals surface area contributed by atoms with Gasteiger partial charge in [0.2, 0.25) is 0 Å². The summed E-state index contributed by atoms with van der Waals surface area (Å²) in [4.78, 5) is 29.2. The zero-order chi connectivity index (χ0) is 25.9. The molecule has 15 heteroatoms. The number of amides is 3. The van der Waals surface area contributed by atoms with E-state index in [0.717, 1.165) is 11.1 Å². The van der Waals surface area contributed by atoms with Crippen molar-refractivity contribution >= 4 is 39.5 Å². The number of thioether (sulfide) groups is 1. The van der Waals surface area contributed by atoms with Gasteiger partial charge in [0.15, 0.2) is 9.92 Å². The van der Waals surface area contributed by atoms with Gasteiger partial charge in [0.05, 0.1) is 11.3 Å². The summed E-state index contributed by atoms with van der Waals surface area (Å²) in [5, 5.41) is 21.0. The van der Waals surface area contributed by atoms with Crippen molar-refractivity contribution in [1.82, 2.24) is 14.6 Å². The van der Waals surface area contributed by atoms with E-state index in [1.54, 1.807) is 4.72 Å². The van der Waals surface area contributed by atoms with Crippen molar-refractivity contribution in [2.45, 2.75) is 69.0 Å². The summed E-state index contributed by atoms with van der Waals surface area (Å²) in [6.45, 7) is 2.72. The minimum Gasteiger partial charge on any atom is -0.464 e. The molecule has 4 rings (SSSR count). The highest BCUT2D eigenvalue weighted by atomic mass is 32.3. The number of pyridine rings is 1. The second kappa shape index (κ2) is 8.55. The highest BCUT2D eigenvalue weighted by Gasteiger charge is 2.46. The van der Waals surface area contributed by atoms with Crippen LogP contribution in [0.25, 0.3) is 0 Å². The summed E-state index contributed by atoms with van der Waals surface area (Å²) < 4.78 is 63.4. The van der Waals surface area contributed by atoms with E-state index in [1.807, 2.05) is 0 Å². The summed E-state index contributed by atoms with van der Waals surface area (Å²) in [6, 6.07) is -0.902. The topological polar surface area (TPSA) is 156 Å². The van der Waals surface area contributed by atoms with Crippen LogP contribution in [0.5, 0.6) is 0 Å². The molecule has 0 radical (unpaired) electrons. The lowest BCUT2D eigenvalue weighted by Crippen LogP contribution is -2.47. The molecule has 2 aliphatic carbocycles. The van der Waals surface area contributed by atoms with Crippen LogP contribution in [0, 0.1) is 4.78 Å². The number of rotatable bonds is 5. The van der Waals surface area contributed by atoms with E-state index in [-0.39, 0.29) is 21.2 Å². The van der Waals surface area contributed by atoms with Crippen LogP contribution in [0.2, 0.25) is 0 Å². The van der Waals surface area contributed by atoms with Gasteiger partial charge in [-0.15, -0.1) is 0 Å². The van der Waals surface area contributed by atoms with Crippen LogP contribution >= 0.6 is 11.8 Å². The summed E-state index contributed by atoms with van der Waals surface area (Å²) in [6.07, 6.45) is -2.98. The maximum absolute atomic E-state index is 13.9. The zero-order valence-corrected chi connectivity index (χ0v) is 20.4. The molecule has 1 saturated carbocycles. The number of aliphatic hydroxyl groups is 1. The zero-order valence-electron chi connectivity index (χ0n) is 18.7. The fourth-order valence-electron chi connectivity index (χ4n) is 4.24. The molecule has 3 aliphatic rings. The predicted octanol–water partition coefficient (Wildman–Crippen LogP) is 4.17. The number of carbonyl (C=O) groups excluding carboxylic acids is 1. The van der Waals surface area contributed by atoms with E-state index >= 15 is 0 Å². The molecule has 3 amide bonds. The van der Waals surface area contributed by atoms with E-state index in [2.05, 4.69) is 10.3 Å². The summed E-state index contributed by atoms with van der Waals surface area (Å²) >= 11 is 0.664. The number of carboxylic acid groups (broad SMARTS) is 1. The fraction of sp³-hybridized carbons (Fsp3) is 0.550. The Kier molecular flexibility index (Phi) is 6.25. The molecule has 0 aromatic carbocycles. The first-order chi connectivity index (χ1) is 16.1. The highest BCUT2D eigenvalue weighted by molar-refractivity contribution is 8.19. The minimum atomic E-state index is -4.71. The third-order valence-electron chi connectivity index (χ3n) is 5.83. The van der Waals surface area contributed by atoms with Crippen molar-refractivity contribution < 1.29 is 37.2 Å². The first-order valence-corrected chi connectivity index (χ1v) is 13.2. The van der Waals surface area contributed by atoms with Crippen LogP contribution in [0.3, 0.4) is 0 Å². The van der Waals surface area contributed by atoms with Crippen LogP contribution in [0.1, 0.15) is 61.5 Å². The molecular weight excluding hydrogens is 511 g/mol. The highest BCUT2D eigenvalue weighted by Crippen LogP contribution is 2.51. The summed E-state index contributed by atoms with van der Waals surface area (Å²) in [7, 11) is -4.06. The fourth-order valence-corrected chi connectivity index (χ4v) is 6.74. The smallest absolute Gasteiger partial charge is 0.433 e. The third-order valence-corrected chi connectivity index (χ3v) is 9.32. The van der Waals surface area contributed by atoms with Gasteiger partial charge in [-0.2, -0.15) is 13.2 Å². The molecule has 5 N–H and O–H groups in total. The standard InChI is InChI=1S/C20H24F3N5O5S2/c1-19(2,32)16-28(8-12(34-16)35(24,33)27-18(30)31)17(29)26-14-10-4-3-5-11(10)25-15(20(21,22)23)13(14)9-6-7-9/h8-9,16,32H,3-7H2,1-2H3,(H,30,31)(H2,24,27,33)(H,25,26,29)/t16-,35-/m0/s1. The van der Waals surface area contributed by atoms with Crippen molar-refractivity contribution in [3.63, 3.8) is 0 Å². The molecule has 2 heterocycles. The van der Waals surface area contributed by atoms with E-state index in [1.165, 1.54) is 13.8 Å². The molecule has 35 heavy (non-hydrogen) atoms. The molecule has 1 aromatic heterocycles. The number of halogens is 3. The van der Waals surface area contributed by atoms with E-state index in [9.17, 15) is 32.1 Å². The third kappa shape index (κ3) is 5.07. The maximum atomic E-state index is 13.9. The average Bonchev–Trinajstić information content (AvgIpc) is 3.22. The Balaban J connectivity index is 1.76. The van der Waals surface area contributed by atoms with Crippen LogP contribution in [0.15, 0.2) is 10.4 Å². The number of fused-ring (bicyclic) bond motifs is 1. The number of nitrogens with zero attached hydrogens (tertiary/aromatic N) is 2. The lowest BCUT2D eigenvalue weighted by molar-refractivity contribution is -0.141. The molecule has 1 fully saturated rings. The Morgan fingerprint density at radius 2 is 1.94 bits per heavy atom. The molecule has 10 nitrogen and oxygen atoms in total. The van der Waals surface area contributed by atoms with Crippen molar-refractivity contribution in [3.8, 4) is 0 Å². The SMILES string of the molecule is CC(C)(O)[C@@H]1SC([S@@](=N)(=O)NC(=O)O)=CN1C(=O)Nc1c2c(nc(C(F)(F)F)c1C1CC1)CCC2. The van der Waals surface area contributed by atoms with E-state index in [4.69, 9.17) is 9.89 Å². The normalized spacial score (nSPS) is 21.8. The number of alkyl halides is 3. The quantitative estimate of drug-likeness (QED) is 0.379. The second-order valence-electron chi connectivity index (χ2n) is 9.17. The summed E-state index contributed by atoms with van der Waals surface area (Å²) in [5.41, 5.74) is -1.79. The van der Waals surface area contributed by atoms with Crippen LogP contribution in [0.4, 0.5) is 28.4 Å². The van der Waals surface area contributed by atoms with Gasteiger partial charge in [-0.1, -0.05) is 11.8 Å². The molecule has 1 aromatic rings. The number of nitrogens with one attached hydrogen (secondary N) is 3. The Bertz CT molecular complexity index is 1220. The largest absolute Gasteiger partial charge is 0.464 e. The van der Waals surface area contributed by atoms with Crippen LogP contribution in [-0.4, -0.2) is 47.4 Å². The Hall–Kier alpha value is -2.52. The van der Waals surface area contributed by atoms with Gasteiger partial charge < -0.3 is 15.5 Å². The van der Waals surface area contributed by atoms with Gasteiger partial charge in [0.25, 0.3) is 0 Å². The lowest BCUT2D eigenvalue weighted by Gasteiger charge is -2.32. The van der Waals surface area contributed by atoms with Gasteiger partial charge in [-0.3, -0.25) is 4.90 Å². The van der Waals surface area contributed by atoms with Gasteiger partial charge in [0, 0.05) is 17.5 Å². The molecular formula is C20H24F3N5O5S2. The van der Waals surface area contributed by atoms with Gasteiger partial charge >= 0.3 is 18.3 Å². The molecule has 0 saturated heterocycles. The first kappa shape index (κ1) is 25.6. The van der Waals surface area contributed by atoms with Crippen molar-refractivity contribution in [3.05, 3.63) is 33.0 Å². The first-order valence-electron chi connectivity index (χ1n) is 10.7. The predicted molar refractivity (Wildman–Crippen MR) is 122 cm³/mol.